The van der Waals surface area contributed by atoms with Crippen LogP contribution in [0, 0.1) is 6.92 Å². The Bertz CT molecular complexity index is 303. The fourth-order valence-corrected chi connectivity index (χ4v) is 1.19. The summed E-state index contributed by atoms with van der Waals surface area (Å²) in [6.45, 7) is 4.79. The van der Waals surface area contributed by atoms with Crippen LogP contribution in [0.4, 0.5) is 0 Å². The predicted octanol–water partition coefficient (Wildman–Crippen LogP) is 2.02. The Morgan fingerprint density at radius 1 is 1.29 bits per heavy atom. The molecular weight excluding hydrogens is 174 g/mol. The molecule has 0 spiro atoms. The Balaban J connectivity index is 2.60. The van der Waals surface area contributed by atoms with Crippen molar-refractivity contribution in [2.45, 2.75) is 20.3 Å². The highest BCUT2D eigenvalue weighted by molar-refractivity contribution is 5.78. The zero-order valence-corrected chi connectivity index (χ0v) is 9.08. The van der Waals surface area contributed by atoms with Crippen LogP contribution < -0.4 is 0 Å². The number of hydrogen-bond donors (Lipinski definition) is 0. The zero-order valence-electron chi connectivity index (χ0n) is 9.08. The minimum Gasteiger partial charge on any atom is -0.346 e. The van der Waals surface area contributed by atoms with E-state index in [1.54, 1.807) is 4.90 Å². The molecule has 0 bridgehead atoms. The molecule has 0 N–H and O–H groups in total. The van der Waals surface area contributed by atoms with Crippen LogP contribution in [0.2, 0.25) is 0 Å². The van der Waals surface area contributed by atoms with Crippen molar-refractivity contribution in [3.8, 4) is 0 Å². The van der Waals surface area contributed by atoms with E-state index in [1.165, 1.54) is 5.56 Å². The lowest BCUT2D eigenvalue weighted by atomic mass is 10.1. The molecule has 1 aromatic rings. The first-order valence-corrected chi connectivity index (χ1v) is 4.93. The number of amides is 1. The summed E-state index contributed by atoms with van der Waals surface area (Å²) >= 11 is 0. The van der Waals surface area contributed by atoms with Gasteiger partial charge in [0, 0.05) is 13.6 Å². The van der Waals surface area contributed by atoms with Crippen molar-refractivity contribution in [3.05, 3.63) is 35.4 Å². The van der Waals surface area contributed by atoms with Crippen LogP contribution >= 0.6 is 0 Å². The third-order valence-electron chi connectivity index (χ3n) is 2.38. The van der Waals surface area contributed by atoms with Crippen molar-refractivity contribution in [2.24, 2.45) is 0 Å². The quantitative estimate of drug-likeness (QED) is 0.715. The van der Waals surface area contributed by atoms with Gasteiger partial charge in [0.15, 0.2) is 0 Å². The lowest BCUT2D eigenvalue weighted by molar-refractivity contribution is -0.128. The first-order valence-electron chi connectivity index (χ1n) is 4.93. The molecular formula is C12H17NO. The van der Waals surface area contributed by atoms with E-state index in [9.17, 15) is 4.79 Å². The second kappa shape index (κ2) is 4.80. The van der Waals surface area contributed by atoms with Gasteiger partial charge in [-0.3, -0.25) is 4.79 Å². The average molecular weight is 191 g/mol. The molecule has 0 unspecified atom stereocenters. The molecule has 1 amide bonds. The van der Waals surface area contributed by atoms with Crippen LogP contribution in [0.15, 0.2) is 24.3 Å². The Kier molecular flexibility index (Phi) is 3.69. The largest absolute Gasteiger partial charge is 0.346 e. The van der Waals surface area contributed by atoms with E-state index in [1.807, 2.05) is 45.2 Å². The Morgan fingerprint density at radius 2 is 1.86 bits per heavy atom. The summed E-state index contributed by atoms with van der Waals surface area (Å²) in [5.41, 5.74) is 2.31. The maximum atomic E-state index is 11.6. The molecule has 2 nitrogen and oxygen atoms in total. The first kappa shape index (κ1) is 10.8. The van der Waals surface area contributed by atoms with Gasteiger partial charge in [-0.05, 0) is 19.4 Å². The van der Waals surface area contributed by atoms with Crippen molar-refractivity contribution in [1.82, 2.24) is 4.90 Å². The molecule has 0 atom stereocenters. The van der Waals surface area contributed by atoms with Crippen LogP contribution in [0.5, 0.6) is 0 Å². The summed E-state index contributed by atoms with van der Waals surface area (Å²) in [6, 6.07) is 8.09. The maximum absolute atomic E-state index is 11.6. The monoisotopic (exact) mass is 191 g/mol. The third-order valence-corrected chi connectivity index (χ3v) is 2.38. The average Bonchev–Trinajstić information content (AvgIpc) is 2.20. The van der Waals surface area contributed by atoms with Gasteiger partial charge in [0.2, 0.25) is 5.91 Å². The molecule has 0 saturated heterocycles. The number of carbonyl (C=O) groups is 1. The lowest BCUT2D eigenvalue weighted by Crippen LogP contribution is -2.27. The third kappa shape index (κ3) is 2.87. The van der Waals surface area contributed by atoms with E-state index in [2.05, 4.69) is 0 Å². The molecule has 1 rings (SSSR count). The van der Waals surface area contributed by atoms with Crippen LogP contribution in [-0.2, 0) is 11.2 Å². The van der Waals surface area contributed by atoms with Crippen molar-refractivity contribution < 1.29 is 4.79 Å². The molecule has 0 radical (unpaired) electrons. The van der Waals surface area contributed by atoms with Gasteiger partial charge in [-0.2, -0.15) is 0 Å². The van der Waals surface area contributed by atoms with E-state index in [0.29, 0.717) is 6.42 Å². The van der Waals surface area contributed by atoms with E-state index in [4.69, 9.17) is 0 Å². The number of rotatable bonds is 3. The first-order chi connectivity index (χ1) is 6.63. The molecule has 0 aliphatic rings. The number of benzene rings is 1. The molecule has 76 valence electrons. The summed E-state index contributed by atoms with van der Waals surface area (Å²) in [5.74, 6) is 0.177. The Morgan fingerprint density at radius 3 is 2.36 bits per heavy atom. The minimum atomic E-state index is 0.177. The smallest absolute Gasteiger partial charge is 0.226 e. The fraction of sp³-hybridized carbons (Fsp3) is 0.417. The van der Waals surface area contributed by atoms with Crippen LogP contribution in [-0.4, -0.2) is 24.4 Å². The van der Waals surface area contributed by atoms with Crippen molar-refractivity contribution in [3.63, 3.8) is 0 Å². The predicted molar refractivity (Wildman–Crippen MR) is 58.2 cm³/mol. The van der Waals surface area contributed by atoms with Crippen molar-refractivity contribution in [2.75, 3.05) is 13.6 Å². The van der Waals surface area contributed by atoms with Crippen LogP contribution in [0.3, 0.4) is 0 Å². The van der Waals surface area contributed by atoms with E-state index < -0.39 is 0 Å². The van der Waals surface area contributed by atoms with Crippen molar-refractivity contribution >= 4 is 5.91 Å². The van der Waals surface area contributed by atoms with Gasteiger partial charge in [-0.1, -0.05) is 29.8 Å². The highest BCUT2D eigenvalue weighted by Crippen LogP contribution is 2.05. The van der Waals surface area contributed by atoms with E-state index in [-0.39, 0.29) is 5.91 Å². The van der Waals surface area contributed by atoms with Gasteiger partial charge in [-0.25, -0.2) is 0 Å². The molecule has 0 heterocycles. The summed E-state index contributed by atoms with van der Waals surface area (Å²) in [7, 11) is 1.83. The molecule has 0 aromatic heterocycles. The van der Waals surface area contributed by atoms with Gasteiger partial charge in [0.1, 0.15) is 0 Å². The SMILES string of the molecule is CCN(C)C(=O)Cc1ccc(C)cc1. The fourth-order valence-electron chi connectivity index (χ4n) is 1.19. The van der Waals surface area contributed by atoms with Crippen LogP contribution in [0.1, 0.15) is 18.1 Å². The number of nitrogens with zero attached hydrogens (tertiary/aromatic N) is 1. The summed E-state index contributed by atoms with van der Waals surface area (Å²) in [6.07, 6.45) is 0.505. The van der Waals surface area contributed by atoms with E-state index in [0.717, 1.165) is 12.1 Å². The highest BCUT2D eigenvalue weighted by Gasteiger charge is 2.06. The molecule has 2 heteroatoms. The number of likely N-dealkylation sites (N-methyl/N-ethyl adjacent to an activating group) is 1. The van der Waals surface area contributed by atoms with Gasteiger partial charge in [0.25, 0.3) is 0 Å². The Hall–Kier alpha value is -1.31. The zero-order chi connectivity index (χ0) is 10.6. The topological polar surface area (TPSA) is 20.3 Å². The summed E-state index contributed by atoms with van der Waals surface area (Å²) < 4.78 is 0. The summed E-state index contributed by atoms with van der Waals surface area (Å²) in [5, 5.41) is 0. The minimum absolute atomic E-state index is 0.177. The van der Waals surface area contributed by atoms with Gasteiger partial charge >= 0.3 is 0 Å². The van der Waals surface area contributed by atoms with Gasteiger partial charge in [0.05, 0.1) is 6.42 Å². The molecule has 0 fully saturated rings. The van der Waals surface area contributed by atoms with Gasteiger partial charge < -0.3 is 4.90 Å². The summed E-state index contributed by atoms with van der Waals surface area (Å²) in [4.78, 5) is 13.3. The second-order valence-corrected chi connectivity index (χ2v) is 3.57. The molecule has 0 aliphatic heterocycles. The molecule has 1 aromatic carbocycles. The number of hydrogen-bond acceptors (Lipinski definition) is 1. The molecule has 14 heavy (non-hydrogen) atoms. The second-order valence-electron chi connectivity index (χ2n) is 3.57. The van der Waals surface area contributed by atoms with Crippen molar-refractivity contribution in [1.29, 1.82) is 0 Å². The van der Waals surface area contributed by atoms with E-state index >= 15 is 0 Å². The highest BCUT2D eigenvalue weighted by atomic mass is 16.2. The lowest BCUT2D eigenvalue weighted by Gasteiger charge is -2.14. The van der Waals surface area contributed by atoms with Crippen LogP contribution in [0.25, 0.3) is 0 Å². The normalized spacial score (nSPS) is 9.93. The standard InChI is InChI=1S/C12H17NO/c1-4-13(3)12(14)9-11-7-5-10(2)6-8-11/h5-8H,4,9H2,1-3H3. The number of carbonyl (C=O) groups excluding carboxylic acids is 1. The number of aryl methyl sites for hydroxylation is 1. The van der Waals surface area contributed by atoms with Gasteiger partial charge in [-0.15, -0.1) is 0 Å². The maximum Gasteiger partial charge on any atom is 0.226 e. The Labute approximate surface area is 85.5 Å². The molecule has 0 aliphatic carbocycles. The molecule has 0 saturated carbocycles.